The van der Waals surface area contributed by atoms with Crippen molar-refractivity contribution in [2.75, 3.05) is 67.3 Å². The molecule has 1 N–H and O–H groups in total. The van der Waals surface area contributed by atoms with Crippen LogP contribution in [0.4, 0.5) is 0 Å². The van der Waals surface area contributed by atoms with Crippen molar-refractivity contribution < 1.29 is 14.2 Å². The van der Waals surface area contributed by atoms with Gasteiger partial charge in [0.2, 0.25) is 0 Å². The van der Waals surface area contributed by atoms with Crippen LogP contribution < -0.4 is 10.1 Å². The Morgan fingerprint density at radius 3 is 2.62 bits per heavy atom. The molecule has 1 aliphatic heterocycles. The first kappa shape index (κ1) is 27.1. The Bertz CT molecular complexity index is 681. The minimum Gasteiger partial charge on any atom is -0.492 e. The smallest absolute Gasteiger partial charge is 0.193 e. The zero-order valence-corrected chi connectivity index (χ0v) is 22.3. The topological polar surface area (TPSA) is 58.6 Å². The number of hydrogen-bond acceptors (Lipinski definition) is 5. The summed E-state index contributed by atoms with van der Waals surface area (Å²) >= 11 is 0. The summed E-state index contributed by atoms with van der Waals surface area (Å²) in [6.45, 7) is 6.53. The predicted octanol–water partition coefficient (Wildman–Crippen LogP) is 3.23. The summed E-state index contributed by atoms with van der Waals surface area (Å²) in [6, 6.07) is 8.90. The molecule has 0 radical (unpaired) electrons. The third-order valence-electron chi connectivity index (χ3n) is 6.07. The first-order chi connectivity index (χ1) is 15.2. The quantitative estimate of drug-likeness (QED) is 0.184. The van der Waals surface area contributed by atoms with Gasteiger partial charge in [0.1, 0.15) is 12.4 Å². The fourth-order valence-electron chi connectivity index (χ4n) is 3.77. The number of hydrogen-bond donors (Lipinski definition) is 1. The molecule has 0 spiro atoms. The lowest BCUT2D eigenvalue weighted by molar-refractivity contribution is 0.0392. The van der Waals surface area contributed by atoms with Gasteiger partial charge in [0.05, 0.1) is 6.61 Å². The predicted molar refractivity (Wildman–Crippen MR) is 140 cm³/mol. The first-order valence-electron chi connectivity index (χ1n) is 11.6. The molecule has 2 fully saturated rings. The van der Waals surface area contributed by atoms with Crippen molar-refractivity contribution in [3.8, 4) is 5.75 Å². The van der Waals surface area contributed by atoms with Gasteiger partial charge in [-0.25, -0.2) is 0 Å². The van der Waals surface area contributed by atoms with Crippen molar-refractivity contribution in [1.82, 2.24) is 15.1 Å². The summed E-state index contributed by atoms with van der Waals surface area (Å²) in [5.74, 6) is 2.59. The molecular formula is C24H41IN4O3. The molecule has 0 atom stereocenters. The second-order valence-corrected chi connectivity index (χ2v) is 8.66. The second kappa shape index (κ2) is 14.9. The van der Waals surface area contributed by atoms with Gasteiger partial charge >= 0.3 is 0 Å². The minimum atomic E-state index is 0. The summed E-state index contributed by atoms with van der Waals surface area (Å²) in [4.78, 5) is 8.90. The largest absolute Gasteiger partial charge is 0.492 e. The van der Waals surface area contributed by atoms with E-state index in [1.165, 1.54) is 18.4 Å². The molecule has 2 aliphatic rings. The molecule has 1 heterocycles. The molecule has 3 rings (SSSR count). The fourth-order valence-corrected chi connectivity index (χ4v) is 3.77. The number of likely N-dealkylation sites (N-methyl/N-ethyl adjacent to an activating group) is 2. The summed E-state index contributed by atoms with van der Waals surface area (Å²) in [7, 11) is 6.04. The van der Waals surface area contributed by atoms with Gasteiger partial charge in [0, 0.05) is 59.6 Å². The van der Waals surface area contributed by atoms with E-state index >= 15 is 0 Å². The van der Waals surface area contributed by atoms with Crippen LogP contribution in [-0.2, 0) is 16.0 Å². The summed E-state index contributed by atoms with van der Waals surface area (Å²) in [6.07, 6.45) is 4.88. The molecule has 0 unspecified atom stereocenters. The molecule has 1 aromatic carbocycles. The molecule has 8 heteroatoms. The molecule has 1 aliphatic carbocycles. The van der Waals surface area contributed by atoms with Crippen molar-refractivity contribution in [2.24, 2.45) is 10.9 Å². The van der Waals surface area contributed by atoms with Gasteiger partial charge in [0.25, 0.3) is 0 Å². The number of nitrogens with one attached hydrogen (secondary N) is 1. The highest BCUT2D eigenvalue weighted by molar-refractivity contribution is 14.0. The van der Waals surface area contributed by atoms with Gasteiger partial charge in [-0.05, 0) is 56.3 Å². The Balaban J connectivity index is 0.00000363. The summed E-state index contributed by atoms with van der Waals surface area (Å²) < 4.78 is 17.2. The van der Waals surface area contributed by atoms with Crippen LogP contribution in [0.3, 0.4) is 0 Å². The zero-order chi connectivity index (χ0) is 21.9. The number of ether oxygens (including phenoxy) is 3. The van der Waals surface area contributed by atoms with Crippen LogP contribution in [0, 0.1) is 5.92 Å². The monoisotopic (exact) mass is 560 g/mol. The normalized spacial score (nSPS) is 17.2. The molecular weight excluding hydrogens is 519 g/mol. The standard InChI is InChI=1S/C24H40N4O3.HI/c1-25-24(28(3)11-15-30-19-20-7-8-20)26-18-21-5-4-6-23(17-21)31-16-12-27(2)22-9-13-29-14-10-22;/h4-6,17,20,22H,7-16,18-19H2,1-3H3,(H,25,26);1H. The van der Waals surface area contributed by atoms with E-state index in [1.807, 2.05) is 26.2 Å². The van der Waals surface area contributed by atoms with Crippen LogP contribution in [0.15, 0.2) is 29.3 Å². The third kappa shape index (κ3) is 9.80. The molecule has 1 saturated heterocycles. The van der Waals surface area contributed by atoms with E-state index < -0.39 is 0 Å². The number of nitrogens with zero attached hydrogens (tertiary/aromatic N) is 3. The van der Waals surface area contributed by atoms with E-state index in [9.17, 15) is 0 Å². The average molecular weight is 561 g/mol. The number of guanidine groups is 1. The van der Waals surface area contributed by atoms with Crippen LogP contribution in [0.25, 0.3) is 0 Å². The van der Waals surface area contributed by atoms with Gasteiger partial charge in [-0.1, -0.05) is 12.1 Å². The van der Waals surface area contributed by atoms with Gasteiger partial charge in [0.15, 0.2) is 5.96 Å². The van der Waals surface area contributed by atoms with Crippen LogP contribution in [0.5, 0.6) is 5.75 Å². The Labute approximate surface area is 210 Å². The maximum Gasteiger partial charge on any atom is 0.193 e. The van der Waals surface area contributed by atoms with E-state index in [1.54, 1.807) is 0 Å². The van der Waals surface area contributed by atoms with Crippen molar-refractivity contribution in [3.05, 3.63) is 29.8 Å². The van der Waals surface area contributed by atoms with E-state index in [0.717, 1.165) is 70.0 Å². The lowest BCUT2D eigenvalue weighted by atomic mass is 10.1. The van der Waals surface area contributed by atoms with Crippen molar-refractivity contribution in [1.29, 1.82) is 0 Å². The average Bonchev–Trinajstić information content (AvgIpc) is 3.62. The maximum atomic E-state index is 6.02. The van der Waals surface area contributed by atoms with Crippen LogP contribution in [0.2, 0.25) is 0 Å². The molecule has 182 valence electrons. The van der Waals surface area contributed by atoms with Crippen molar-refractivity contribution >= 4 is 29.9 Å². The number of aliphatic imine (C=N–C) groups is 1. The highest BCUT2D eigenvalue weighted by atomic mass is 127. The number of benzene rings is 1. The maximum absolute atomic E-state index is 6.02. The van der Waals surface area contributed by atoms with Crippen LogP contribution in [-0.4, -0.2) is 89.1 Å². The molecule has 1 aromatic rings. The lowest BCUT2D eigenvalue weighted by Crippen LogP contribution is -2.40. The Morgan fingerprint density at radius 1 is 1.12 bits per heavy atom. The van der Waals surface area contributed by atoms with Crippen molar-refractivity contribution in [2.45, 2.75) is 38.3 Å². The van der Waals surface area contributed by atoms with Gasteiger partial charge in [-0.2, -0.15) is 0 Å². The molecule has 32 heavy (non-hydrogen) atoms. The first-order valence-corrected chi connectivity index (χ1v) is 11.6. The van der Waals surface area contributed by atoms with Gasteiger partial charge < -0.3 is 24.4 Å². The molecule has 7 nitrogen and oxygen atoms in total. The SMILES string of the molecule is CN=C(NCc1cccc(OCCN(C)C2CCOCC2)c1)N(C)CCOCC1CC1.I. The summed E-state index contributed by atoms with van der Waals surface area (Å²) in [5, 5.41) is 3.44. The van der Waals surface area contributed by atoms with Crippen molar-refractivity contribution in [3.63, 3.8) is 0 Å². The lowest BCUT2D eigenvalue weighted by Gasteiger charge is -2.31. The van der Waals surface area contributed by atoms with Gasteiger partial charge in [-0.15, -0.1) is 24.0 Å². The highest BCUT2D eigenvalue weighted by Gasteiger charge is 2.21. The third-order valence-corrected chi connectivity index (χ3v) is 6.07. The molecule has 0 bridgehead atoms. The van der Waals surface area contributed by atoms with E-state index in [4.69, 9.17) is 14.2 Å². The minimum absolute atomic E-state index is 0. The number of rotatable bonds is 12. The second-order valence-electron chi connectivity index (χ2n) is 8.66. The Morgan fingerprint density at radius 2 is 1.91 bits per heavy atom. The Kier molecular flexibility index (Phi) is 12.7. The molecule has 0 aromatic heterocycles. The van der Waals surface area contributed by atoms with E-state index in [0.29, 0.717) is 19.2 Å². The summed E-state index contributed by atoms with van der Waals surface area (Å²) in [5.41, 5.74) is 1.18. The Hall–Kier alpha value is -1.10. The van der Waals surface area contributed by atoms with Gasteiger partial charge in [-0.3, -0.25) is 9.89 Å². The van der Waals surface area contributed by atoms with E-state index in [2.05, 4.69) is 39.3 Å². The van der Waals surface area contributed by atoms with Crippen LogP contribution in [0.1, 0.15) is 31.2 Å². The molecule has 1 saturated carbocycles. The fraction of sp³-hybridized carbons (Fsp3) is 0.708. The van der Waals surface area contributed by atoms with E-state index in [-0.39, 0.29) is 24.0 Å². The van der Waals surface area contributed by atoms with Crippen LogP contribution >= 0.6 is 24.0 Å². The highest BCUT2D eigenvalue weighted by Crippen LogP contribution is 2.28. The number of halogens is 1. The molecule has 0 amide bonds. The zero-order valence-electron chi connectivity index (χ0n) is 19.9.